The molecule has 0 bridgehead atoms. The van der Waals surface area contributed by atoms with Gasteiger partial charge in [-0.2, -0.15) is 0 Å². The lowest BCUT2D eigenvalue weighted by Crippen LogP contribution is -2.22. The number of esters is 1. The van der Waals surface area contributed by atoms with Crippen molar-refractivity contribution in [2.24, 2.45) is 0 Å². The normalized spacial score (nSPS) is 11.5. The second kappa shape index (κ2) is 6.96. The molecule has 0 atom stereocenters. The lowest BCUT2D eigenvalue weighted by atomic mass is 10.2. The first-order valence-corrected chi connectivity index (χ1v) is 8.89. The molecule has 9 heteroatoms. The van der Waals surface area contributed by atoms with Crippen molar-refractivity contribution in [3.8, 4) is 5.75 Å². The summed E-state index contributed by atoms with van der Waals surface area (Å²) >= 11 is 9.15. The van der Waals surface area contributed by atoms with E-state index in [0.717, 1.165) is 4.31 Å². The average Bonchev–Trinajstić information content (AvgIpc) is 2.49. The molecule has 122 valence electrons. The molecule has 0 aliphatic carbocycles. The van der Waals surface area contributed by atoms with E-state index in [1.165, 1.54) is 38.5 Å². The Morgan fingerprint density at radius 3 is 2.61 bits per heavy atom. The molecule has 1 heterocycles. The number of carbonyl (C=O) groups is 1. The SMILES string of the molecule is CN(C)S(=O)(=O)c1ccc(Cl)c(C(=O)Oc2cccnc2Br)c1. The van der Waals surface area contributed by atoms with Crippen molar-refractivity contribution in [3.05, 3.63) is 51.7 Å². The van der Waals surface area contributed by atoms with E-state index < -0.39 is 16.0 Å². The number of aromatic nitrogens is 1. The van der Waals surface area contributed by atoms with E-state index in [1.54, 1.807) is 12.1 Å². The second-order valence-electron chi connectivity index (χ2n) is 4.61. The molecule has 0 unspecified atom stereocenters. The third-order valence-corrected chi connectivity index (χ3v) is 5.60. The third kappa shape index (κ3) is 3.89. The fourth-order valence-corrected chi connectivity index (χ4v) is 3.09. The predicted octanol–water partition coefficient (Wildman–Crippen LogP) is 2.97. The smallest absolute Gasteiger partial charge is 0.345 e. The van der Waals surface area contributed by atoms with Gasteiger partial charge in [0.25, 0.3) is 0 Å². The molecule has 0 amide bonds. The summed E-state index contributed by atoms with van der Waals surface area (Å²) in [4.78, 5) is 16.2. The van der Waals surface area contributed by atoms with Gasteiger partial charge in [0.1, 0.15) is 4.60 Å². The van der Waals surface area contributed by atoms with Crippen molar-refractivity contribution < 1.29 is 17.9 Å². The standard InChI is InChI=1S/C14H12BrClN2O4S/c1-18(2)23(20,21)9-5-6-11(16)10(8-9)14(19)22-12-4-3-7-17-13(12)15/h3-8H,1-2H3. The van der Waals surface area contributed by atoms with Crippen LogP contribution in [0.5, 0.6) is 5.75 Å². The van der Waals surface area contributed by atoms with Crippen molar-refractivity contribution in [1.29, 1.82) is 0 Å². The van der Waals surface area contributed by atoms with E-state index in [-0.39, 0.29) is 21.2 Å². The summed E-state index contributed by atoms with van der Waals surface area (Å²) in [6.45, 7) is 0. The number of nitrogens with zero attached hydrogens (tertiary/aromatic N) is 2. The Morgan fingerprint density at radius 2 is 2.00 bits per heavy atom. The zero-order valence-corrected chi connectivity index (χ0v) is 15.3. The lowest BCUT2D eigenvalue weighted by molar-refractivity contribution is 0.0732. The van der Waals surface area contributed by atoms with E-state index in [9.17, 15) is 13.2 Å². The maximum absolute atomic E-state index is 12.3. The van der Waals surface area contributed by atoms with Crippen LogP contribution in [0.1, 0.15) is 10.4 Å². The van der Waals surface area contributed by atoms with Gasteiger partial charge in [-0.1, -0.05) is 11.6 Å². The van der Waals surface area contributed by atoms with Crippen LogP contribution in [-0.2, 0) is 10.0 Å². The summed E-state index contributed by atoms with van der Waals surface area (Å²) in [5.41, 5.74) is -0.0506. The maximum Gasteiger partial charge on any atom is 0.345 e. The molecule has 1 aromatic heterocycles. The summed E-state index contributed by atoms with van der Waals surface area (Å²) in [6, 6.07) is 7.00. The maximum atomic E-state index is 12.3. The molecule has 2 rings (SSSR count). The molecule has 6 nitrogen and oxygen atoms in total. The van der Waals surface area contributed by atoms with Crippen molar-refractivity contribution in [2.45, 2.75) is 4.90 Å². The van der Waals surface area contributed by atoms with Crippen LogP contribution in [0.4, 0.5) is 0 Å². The Labute approximate surface area is 147 Å². The summed E-state index contributed by atoms with van der Waals surface area (Å²) < 4.78 is 30.9. The molecular formula is C14H12BrClN2O4S. The van der Waals surface area contributed by atoms with Gasteiger partial charge >= 0.3 is 5.97 Å². The Morgan fingerprint density at radius 1 is 1.30 bits per heavy atom. The number of rotatable bonds is 4. The molecule has 0 saturated carbocycles. The fourth-order valence-electron chi connectivity index (χ4n) is 1.63. The first-order chi connectivity index (χ1) is 10.7. The largest absolute Gasteiger partial charge is 0.420 e. The number of ether oxygens (including phenoxy) is 1. The van der Waals surface area contributed by atoms with E-state index >= 15 is 0 Å². The van der Waals surface area contributed by atoms with Crippen molar-refractivity contribution in [2.75, 3.05) is 14.1 Å². The minimum atomic E-state index is -3.69. The summed E-state index contributed by atoms with van der Waals surface area (Å²) in [7, 11) is -0.890. The fraction of sp³-hybridized carbons (Fsp3) is 0.143. The average molecular weight is 420 g/mol. The first kappa shape index (κ1) is 17.9. The quantitative estimate of drug-likeness (QED) is 0.562. The highest BCUT2D eigenvalue weighted by molar-refractivity contribution is 9.10. The summed E-state index contributed by atoms with van der Waals surface area (Å²) in [5, 5.41) is 0.0905. The highest BCUT2D eigenvalue weighted by Gasteiger charge is 2.22. The molecule has 0 aliphatic rings. The van der Waals surface area contributed by atoms with Gasteiger partial charge in [0, 0.05) is 20.3 Å². The highest BCUT2D eigenvalue weighted by Crippen LogP contribution is 2.26. The molecule has 0 spiro atoms. The third-order valence-electron chi connectivity index (χ3n) is 2.86. The Bertz CT molecular complexity index is 856. The van der Waals surface area contributed by atoms with E-state index in [4.69, 9.17) is 16.3 Å². The van der Waals surface area contributed by atoms with Gasteiger partial charge < -0.3 is 4.74 Å². The highest BCUT2D eigenvalue weighted by atomic mass is 79.9. The molecule has 1 aromatic carbocycles. The van der Waals surface area contributed by atoms with Crippen molar-refractivity contribution >= 4 is 43.5 Å². The number of hydrogen-bond acceptors (Lipinski definition) is 5. The van der Waals surface area contributed by atoms with Gasteiger partial charge in [0.15, 0.2) is 5.75 Å². The zero-order chi connectivity index (χ0) is 17.2. The van der Waals surface area contributed by atoms with Crippen molar-refractivity contribution in [3.63, 3.8) is 0 Å². The predicted molar refractivity (Wildman–Crippen MR) is 89.2 cm³/mol. The van der Waals surface area contributed by atoms with Gasteiger partial charge in [-0.25, -0.2) is 22.5 Å². The number of halogens is 2. The first-order valence-electron chi connectivity index (χ1n) is 6.28. The molecule has 0 saturated heterocycles. The van der Waals surface area contributed by atoms with E-state index in [2.05, 4.69) is 20.9 Å². The Balaban J connectivity index is 2.40. The van der Waals surface area contributed by atoms with E-state index in [0.29, 0.717) is 4.60 Å². The van der Waals surface area contributed by atoms with Crippen LogP contribution in [-0.4, -0.2) is 37.8 Å². The monoisotopic (exact) mass is 418 g/mol. The number of benzene rings is 1. The van der Waals surface area contributed by atoms with Gasteiger partial charge in [-0.05, 0) is 46.3 Å². The van der Waals surface area contributed by atoms with Crippen LogP contribution >= 0.6 is 27.5 Å². The van der Waals surface area contributed by atoms with Crippen LogP contribution in [0, 0.1) is 0 Å². The van der Waals surface area contributed by atoms with Gasteiger partial charge in [-0.3, -0.25) is 0 Å². The van der Waals surface area contributed by atoms with E-state index in [1.807, 2.05) is 0 Å². The van der Waals surface area contributed by atoms with Crippen LogP contribution in [0.25, 0.3) is 0 Å². The zero-order valence-electron chi connectivity index (χ0n) is 12.2. The van der Waals surface area contributed by atoms with Crippen LogP contribution in [0.2, 0.25) is 5.02 Å². The molecule has 0 N–H and O–H groups in total. The Kier molecular flexibility index (Phi) is 5.41. The lowest BCUT2D eigenvalue weighted by Gasteiger charge is -2.13. The minimum absolute atomic E-state index is 0.0506. The molecule has 0 aliphatic heterocycles. The van der Waals surface area contributed by atoms with Crippen molar-refractivity contribution in [1.82, 2.24) is 9.29 Å². The van der Waals surface area contributed by atoms with Crippen LogP contribution < -0.4 is 4.74 Å². The molecule has 0 fully saturated rings. The summed E-state index contributed by atoms with van der Waals surface area (Å²) in [6.07, 6.45) is 1.53. The van der Waals surface area contributed by atoms with Gasteiger partial charge in [0.2, 0.25) is 10.0 Å². The number of pyridine rings is 1. The number of hydrogen-bond donors (Lipinski definition) is 0. The molecule has 0 radical (unpaired) electrons. The number of sulfonamides is 1. The number of carbonyl (C=O) groups excluding carboxylic acids is 1. The molecule has 2 aromatic rings. The molecular weight excluding hydrogens is 408 g/mol. The minimum Gasteiger partial charge on any atom is -0.420 e. The van der Waals surface area contributed by atoms with Gasteiger partial charge in [0.05, 0.1) is 15.5 Å². The van der Waals surface area contributed by atoms with Crippen LogP contribution in [0.15, 0.2) is 46.0 Å². The Hall–Kier alpha value is -1.48. The summed E-state index contributed by atoms with van der Waals surface area (Å²) in [5.74, 6) is -0.575. The second-order valence-corrected chi connectivity index (χ2v) is 7.92. The topological polar surface area (TPSA) is 76.6 Å². The molecule has 23 heavy (non-hydrogen) atoms. The van der Waals surface area contributed by atoms with Gasteiger partial charge in [-0.15, -0.1) is 0 Å². The van der Waals surface area contributed by atoms with Crippen LogP contribution in [0.3, 0.4) is 0 Å².